The molecule has 0 saturated carbocycles. The van der Waals surface area contributed by atoms with E-state index in [9.17, 15) is 5.11 Å². The third kappa shape index (κ3) is 3.79. The average Bonchev–Trinajstić information content (AvgIpc) is 2.82. The summed E-state index contributed by atoms with van der Waals surface area (Å²) in [5.41, 5.74) is 2.15. The van der Waals surface area contributed by atoms with Crippen LogP contribution in [0.2, 0.25) is 5.02 Å². The Morgan fingerprint density at radius 1 is 1.19 bits per heavy atom. The minimum atomic E-state index is -0.306. The minimum Gasteiger partial charge on any atom is -0.391 e. The van der Waals surface area contributed by atoms with Crippen LogP contribution in [0.4, 0.5) is 0 Å². The molecule has 2 heterocycles. The fraction of sp³-hybridized carbons (Fsp3) is 0.375. The van der Waals surface area contributed by atoms with Gasteiger partial charge >= 0.3 is 0 Å². The van der Waals surface area contributed by atoms with Gasteiger partial charge in [0.25, 0.3) is 0 Å². The van der Waals surface area contributed by atoms with Gasteiger partial charge in [-0.25, -0.2) is 0 Å². The van der Waals surface area contributed by atoms with E-state index in [-0.39, 0.29) is 12.0 Å². The average molecular weight is 304 g/mol. The Kier molecular flexibility index (Phi) is 4.48. The van der Waals surface area contributed by atoms with Crippen LogP contribution in [-0.2, 0) is 13.0 Å². The first kappa shape index (κ1) is 14.4. The molecule has 2 atom stereocenters. The predicted octanol–water partition coefficient (Wildman–Crippen LogP) is 2.17. The molecule has 4 nitrogen and oxygen atoms in total. The van der Waals surface area contributed by atoms with Crippen LogP contribution in [0.1, 0.15) is 11.3 Å². The van der Waals surface area contributed by atoms with Crippen LogP contribution in [0.15, 0.2) is 42.9 Å². The molecule has 1 fully saturated rings. The van der Waals surface area contributed by atoms with Gasteiger partial charge in [0.05, 0.1) is 11.8 Å². The summed E-state index contributed by atoms with van der Waals surface area (Å²) < 4.78 is 0. The van der Waals surface area contributed by atoms with Crippen molar-refractivity contribution in [3.05, 3.63) is 59.1 Å². The molecular weight excluding hydrogens is 286 g/mol. The van der Waals surface area contributed by atoms with E-state index in [1.807, 2.05) is 24.3 Å². The highest BCUT2D eigenvalue weighted by Crippen LogP contribution is 2.22. The minimum absolute atomic E-state index is 0.217. The van der Waals surface area contributed by atoms with Crippen molar-refractivity contribution >= 4 is 11.6 Å². The van der Waals surface area contributed by atoms with E-state index in [0.29, 0.717) is 6.54 Å². The summed E-state index contributed by atoms with van der Waals surface area (Å²) in [4.78, 5) is 10.6. The number of rotatable bonds is 4. The number of nitrogens with zero attached hydrogens (tertiary/aromatic N) is 3. The Labute approximate surface area is 129 Å². The Morgan fingerprint density at radius 2 is 2.00 bits per heavy atom. The first-order valence-electron chi connectivity index (χ1n) is 7.10. The van der Waals surface area contributed by atoms with Crippen molar-refractivity contribution in [2.75, 3.05) is 13.1 Å². The molecule has 2 aromatic rings. The quantitative estimate of drug-likeness (QED) is 0.940. The summed E-state index contributed by atoms with van der Waals surface area (Å²) in [7, 11) is 0. The molecule has 0 unspecified atom stereocenters. The van der Waals surface area contributed by atoms with Gasteiger partial charge in [-0.2, -0.15) is 0 Å². The fourth-order valence-corrected chi connectivity index (χ4v) is 2.95. The molecule has 0 radical (unpaired) electrons. The summed E-state index contributed by atoms with van der Waals surface area (Å²) in [6.45, 7) is 2.42. The van der Waals surface area contributed by atoms with Gasteiger partial charge in [-0.15, -0.1) is 0 Å². The number of aliphatic hydroxyl groups is 1. The zero-order valence-electron chi connectivity index (χ0n) is 11.7. The highest BCUT2D eigenvalue weighted by molar-refractivity contribution is 6.30. The zero-order valence-corrected chi connectivity index (χ0v) is 12.4. The van der Waals surface area contributed by atoms with E-state index in [4.69, 9.17) is 11.6 Å². The maximum atomic E-state index is 10.2. The second kappa shape index (κ2) is 6.52. The van der Waals surface area contributed by atoms with Crippen molar-refractivity contribution in [3.8, 4) is 0 Å². The lowest BCUT2D eigenvalue weighted by atomic mass is 10.0. The molecule has 0 amide bonds. The van der Waals surface area contributed by atoms with Gasteiger partial charge in [0.2, 0.25) is 0 Å². The molecule has 5 heteroatoms. The maximum Gasteiger partial charge on any atom is 0.0711 e. The first-order valence-corrected chi connectivity index (χ1v) is 7.48. The van der Waals surface area contributed by atoms with Gasteiger partial charge in [-0.05, 0) is 24.1 Å². The van der Waals surface area contributed by atoms with Crippen LogP contribution >= 0.6 is 11.6 Å². The summed E-state index contributed by atoms with van der Waals surface area (Å²) in [5, 5.41) is 11.0. The van der Waals surface area contributed by atoms with Crippen molar-refractivity contribution in [2.24, 2.45) is 5.92 Å². The van der Waals surface area contributed by atoms with Crippen LogP contribution in [0, 0.1) is 5.92 Å². The molecule has 1 aromatic carbocycles. The van der Waals surface area contributed by atoms with Crippen molar-refractivity contribution < 1.29 is 5.11 Å². The summed E-state index contributed by atoms with van der Waals surface area (Å²) in [6.07, 6.45) is 5.60. The molecule has 0 spiro atoms. The van der Waals surface area contributed by atoms with Gasteiger partial charge < -0.3 is 5.11 Å². The van der Waals surface area contributed by atoms with Gasteiger partial charge in [0.1, 0.15) is 0 Å². The van der Waals surface area contributed by atoms with Crippen LogP contribution in [-0.4, -0.2) is 39.2 Å². The number of likely N-dealkylation sites (tertiary alicyclic amines) is 1. The SMILES string of the molecule is O[C@@H]1CN(Cc2ccc(Cl)cc2)C[C@H]1Cc1cnccn1. The van der Waals surface area contributed by atoms with Crippen molar-refractivity contribution in [2.45, 2.75) is 19.1 Å². The first-order chi connectivity index (χ1) is 10.2. The highest BCUT2D eigenvalue weighted by Gasteiger charge is 2.31. The number of halogens is 1. The molecule has 110 valence electrons. The van der Waals surface area contributed by atoms with E-state index >= 15 is 0 Å². The molecule has 0 aliphatic carbocycles. The molecule has 0 bridgehead atoms. The molecule has 1 aromatic heterocycles. The van der Waals surface area contributed by atoms with E-state index < -0.39 is 0 Å². The zero-order chi connectivity index (χ0) is 14.7. The molecule has 21 heavy (non-hydrogen) atoms. The van der Waals surface area contributed by atoms with Crippen LogP contribution in [0.3, 0.4) is 0 Å². The molecule has 3 rings (SSSR count). The van der Waals surface area contributed by atoms with Gasteiger partial charge in [-0.3, -0.25) is 14.9 Å². The standard InChI is InChI=1S/C16H18ClN3O/c17-14-3-1-12(2-4-14)9-20-10-13(16(21)11-20)7-15-8-18-5-6-19-15/h1-6,8,13,16,21H,7,9-11H2/t13-,16-/m1/s1. The Balaban J connectivity index is 1.59. The molecule has 1 aliphatic rings. The summed E-state index contributed by atoms with van der Waals surface area (Å²) in [6, 6.07) is 7.87. The summed E-state index contributed by atoms with van der Waals surface area (Å²) >= 11 is 5.90. The predicted molar refractivity (Wildman–Crippen MR) is 82.0 cm³/mol. The van der Waals surface area contributed by atoms with Crippen molar-refractivity contribution in [3.63, 3.8) is 0 Å². The molecule has 1 N–H and O–H groups in total. The number of β-amino-alcohol motifs (C(OH)–C–C–N with tert-alkyl or cyclic N) is 1. The van der Waals surface area contributed by atoms with Gasteiger partial charge in [-0.1, -0.05) is 23.7 Å². The van der Waals surface area contributed by atoms with Crippen molar-refractivity contribution in [1.29, 1.82) is 0 Å². The topological polar surface area (TPSA) is 49.2 Å². The van der Waals surface area contributed by atoms with Crippen molar-refractivity contribution in [1.82, 2.24) is 14.9 Å². The van der Waals surface area contributed by atoms with Crippen LogP contribution in [0.5, 0.6) is 0 Å². The number of hydrogen-bond acceptors (Lipinski definition) is 4. The largest absolute Gasteiger partial charge is 0.391 e. The maximum absolute atomic E-state index is 10.2. The number of hydrogen-bond donors (Lipinski definition) is 1. The van der Waals surface area contributed by atoms with Gasteiger partial charge in [0, 0.05) is 49.2 Å². The normalized spacial score (nSPS) is 22.6. The lowest BCUT2D eigenvalue weighted by Crippen LogP contribution is -2.21. The summed E-state index contributed by atoms with van der Waals surface area (Å²) in [5.74, 6) is 0.217. The van der Waals surface area contributed by atoms with E-state index in [0.717, 1.165) is 30.2 Å². The Bertz CT molecular complexity index is 576. The third-order valence-electron chi connectivity index (χ3n) is 3.89. The third-order valence-corrected chi connectivity index (χ3v) is 4.14. The Morgan fingerprint density at radius 3 is 2.71 bits per heavy atom. The van der Waals surface area contributed by atoms with E-state index in [1.54, 1.807) is 18.6 Å². The molecule has 1 saturated heterocycles. The van der Waals surface area contributed by atoms with Crippen LogP contribution in [0.25, 0.3) is 0 Å². The molecular formula is C16H18ClN3O. The number of aromatic nitrogens is 2. The van der Waals surface area contributed by atoms with E-state index in [2.05, 4.69) is 14.9 Å². The second-order valence-electron chi connectivity index (χ2n) is 5.55. The molecule has 1 aliphatic heterocycles. The lowest BCUT2D eigenvalue weighted by molar-refractivity contribution is 0.140. The van der Waals surface area contributed by atoms with Crippen LogP contribution < -0.4 is 0 Å². The number of benzene rings is 1. The lowest BCUT2D eigenvalue weighted by Gasteiger charge is -2.15. The fourth-order valence-electron chi connectivity index (χ4n) is 2.82. The van der Waals surface area contributed by atoms with Gasteiger partial charge in [0.15, 0.2) is 0 Å². The second-order valence-corrected chi connectivity index (χ2v) is 5.99. The Hall–Kier alpha value is -1.49. The monoisotopic (exact) mass is 303 g/mol. The van der Waals surface area contributed by atoms with E-state index in [1.165, 1.54) is 5.56 Å². The highest BCUT2D eigenvalue weighted by atomic mass is 35.5. The number of aliphatic hydroxyl groups excluding tert-OH is 1. The smallest absolute Gasteiger partial charge is 0.0711 e.